The molecule has 0 N–H and O–H groups in total. The Balaban J connectivity index is 1.80. The van der Waals surface area contributed by atoms with Crippen LogP contribution in [0, 0.1) is 0 Å². The average molecular weight is 231 g/mol. The molecule has 2 aliphatic rings. The first-order valence-electron chi connectivity index (χ1n) is 6.38. The van der Waals surface area contributed by atoms with E-state index in [0.29, 0.717) is 0 Å². The van der Waals surface area contributed by atoms with Gasteiger partial charge < -0.3 is 4.74 Å². The van der Waals surface area contributed by atoms with Gasteiger partial charge in [-0.05, 0) is 44.2 Å². The molecule has 0 radical (unpaired) electrons. The standard InChI is InChI=1S/C14H17NO2/c1-9-4-7-12(17-9)14(16)11-6-5-10-3-2-8-15-13(10)11/h2-3,8-9,11-12H,4-7H2,1H3. The number of hydrogen-bond donors (Lipinski definition) is 0. The lowest BCUT2D eigenvalue weighted by Crippen LogP contribution is -2.26. The lowest BCUT2D eigenvalue weighted by molar-refractivity contribution is -0.131. The van der Waals surface area contributed by atoms with Crippen LogP contribution in [0.1, 0.15) is 43.4 Å². The Hall–Kier alpha value is -1.22. The van der Waals surface area contributed by atoms with Crippen molar-refractivity contribution in [3.8, 4) is 0 Å². The number of nitrogens with zero attached hydrogens (tertiary/aromatic N) is 1. The first-order valence-corrected chi connectivity index (χ1v) is 6.38. The second-order valence-electron chi connectivity index (χ2n) is 5.05. The molecule has 3 nitrogen and oxygen atoms in total. The van der Waals surface area contributed by atoms with Crippen molar-refractivity contribution in [1.82, 2.24) is 4.98 Å². The molecule has 3 unspecified atom stereocenters. The molecule has 90 valence electrons. The molecule has 1 saturated heterocycles. The SMILES string of the molecule is CC1CCC(C(=O)C2CCc3cccnc32)O1. The molecule has 1 aliphatic carbocycles. The van der Waals surface area contributed by atoms with Gasteiger partial charge in [0.15, 0.2) is 5.78 Å². The average Bonchev–Trinajstić information content (AvgIpc) is 2.94. The van der Waals surface area contributed by atoms with Gasteiger partial charge in [0.05, 0.1) is 17.7 Å². The highest BCUT2D eigenvalue weighted by molar-refractivity contribution is 5.90. The van der Waals surface area contributed by atoms with Crippen LogP contribution in [0.4, 0.5) is 0 Å². The van der Waals surface area contributed by atoms with Crippen LogP contribution in [0.25, 0.3) is 0 Å². The number of ketones is 1. The van der Waals surface area contributed by atoms with Crippen molar-refractivity contribution in [2.24, 2.45) is 0 Å². The van der Waals surface area contributed by atoms with Crippen LogP contribution in [0.15, 0.2) is 18.3 Å². The maximum absolute atomic E-state index is 12.4. The van der Waals surface area contributed by atoms with Gasteiger partial charge in [-0.15, -0.1) is 0 Å². The molecule has 3 atom stereocenters. The van der Waals surface area contributed by atoms with Crippen LogP contribution in [0.5, 0.6) is 0 Å². The van der Waals surface area contributed by atoms with Gasteiger partial charge in [0, 0.05) is 6.20 Å². The Morgan fingerprint density at radius 3 is 3.06 bits per heavy atom. The third kappa shape index (κ3) is 1.89. The van der Waals surface area contributed by atoms with E-state index < -0.39 is 0 Å². The zero-order valence-electron chi connectivity index (χ0n) is 10.1. The zero-order valence-corrected chi connectivity index (χ0v) is 10.1. The van der Waals surface area contributed by atoms with Gasteiger partial charge in [-0.25, -0.2) is 0 Å². The highest BCUT2D eigenvalue weighted by Crippen LogP contribution is 2.35. The number of fused-ring (bicyclic) bond motifs is 1. The molecule has 0 aromatic carbocycles. The fraction of sp³-hybridized carbons (Fsp3) is 0.571. The number of pyridine rings is 1. The molecule has 1 aromatic heterocycles. The second kappa shape index (κ2) is 4.22. The van der Waals surface area contributed by atoms with E-state index in [2.05, 4.69) is 11.1 Å². The molecule has 0 saturated carbocycles. The Labute approximate surface area is 101 Å². The van der Waals surface area contributed by atoms with Crippen LogP contribution in [-0.4, -0.2) is 23.0 Å². The van der Waals surface area contributed by atoms with Gasteiger partial charge >= 0.3 is 0 Å². The van der Waals surface area contributed by atoms with Gasteiger partial charge in [0.25, 0.3) is 0 Å². The van der Waals surface area contributed by atoms with Gasteiger partial charge in [-0.3, -0.25) is 9.78 Å². The third-order valence-corrected chi connectivity index (χ3v) is 3.85. The summed E-state index contributed by atoms with van der Waals surface area (Å²) < 4.78 is 5.67. The van der Waals surface area contributed by atoms with E-state index in [-0.39, 0.29) is 23.9 Å². The fourth-order valence-corrected chi connectivity index (χ4v) is 2.93. The maximum atomic E-state index is 12.4. The molecule has 0 spiro atoms. The summed E-state index contributed by atoms with van der Waals surface area (Å²) in [6.07, 6.45) is 5.57. The highest BCUT2D eigenvalue weighted by Gasteiger charge is 2.37. The van der Waals surface area contributed by atoms with Crippen LogP contribution in [0.2, 0.25) is 0 Å². The van der Waals surface area contributed by atoms with Crippen molar-refractivity contribution in [2.45, 2.75) is 50.7 Å². The molecular formula is C14H17NO2. The summed E-state index contributed by atoms with van der Waals surface area (Å²) in [5, 5.41) is 0. The minimum atomic E-state index is -0.192. The van der Waals surface area contributed by atoms with Gasteiger partial charge in [0.1, 0.15) is 6.10 Å². The summed E-state index contributed by atoms with van der Waals surface area (Å²) in [6, 6.07) is 4.02. The molecule has 1 aromatic rings. The van der Waals surface area contributed by atoms with E-state index in [4.69, 9.17) is 4.74 Å². The number of Topliss-reactive ketones (excluding diaryl/α,β-unsaturated/α-hetero) is 1. The first-order chi connectivity index (χ1) is 8.25. The molecule has 2 heterocycles. The van der Waals surface area contributed by atoms with Gasteiger partial charge in [-0.1, -0.05) is 6.07 Å². The Morgan fingerprint density at radius 2 is 2.29 bits per heavy atom. The number of hydrogen-bond acceptors (Lipinski definition) is 3. The van der Waals surface area contributed by atoms with Gasteiger partial charge in [-0.2, -0.15) is 0 Å². The van der Waals surface area contributed by atoms with Crippen molar-refractivity contribution in [3.63, 3.8) is 0 Å². The lowest BCUT2D eigenvalue weighted by atomic mass is 9.95. The quantitative estimate of drug-likeness (QED) is 0.783. The Bertz CT molecular complexity index is 444. The first kappa shape index (κ1) is 10.9. The Kier molecular flexibility index (Phi) is 2.71. The van der Waals surface area contributed by atoms with E-state index in [0.717, 1.165) is 31.4 Å². The van der Waals surface area contributed by atoms with Crippen molar-refractivity contribution >= 4 is 5.78 Å². The fourth-order valence-electron chi connectivity index (χ4n) is 2.93. The minimum absolute atomic E-state index is 0.0264. The van der Waals surface area contributed by atoms with Crippen molar-refractivity contribution < 1.29 is 9.53 Å². The molecule has 0 amide bonds. The number of carbonyl (C=O) groups is 1. The van der Waals surface area contributed by atoms with E-state index in [1.807, 2.05) is 13.0 Å². The van der Waals surface area contributed by atoms with Crippen LogP contribution in [-0.2, 0) is 16.0 Å². The van der Waals surface area contributed by atoms with Crippen LogP contribution >= 0.6 is 0 Å². The summed E-state index contributed by atoms with van der Waals surface area (Å²) in [5.74, 6) is 0.216. The van der Waals surface area contributed by atoms with Gasteiger partial charge in [0.2, 0.25) is 0 Å². The number of carbonyl (C=O) groups excluding carboxylic acids is 1. The normalized spacial score (nSPS) is 31.5. The molecule has 0 bridgehead atoms. The zero-order chi connectivity index (χ0) is 11.8. The van der Waals surface area contributed by atoms with Crippen molar-refractivity contribution in [1.29, 1.82) is 0 Å². The topological polar surface area (TPSA) is 39.2 Å². The monoisotopic (exact) mass is 231 g/mol. The van der Waals surface area contributed by atoms with Crippen molar-refractivity contribution in [3.05, 3.63) is 29.6 Å². The highest BCUT2D eigenvalue weighted by atomic mass is 16.5. The summed E-state index contributed by atoms with van der Waals surface area (Å²) in [5.41, 5.74) is 2.22. The molecule has 1 aliphatic heterocycles. The number of aryl methyl sites for hydroxylation is 1. The van der Waals surface area contributed by atoms with Crippen molar-refractivity contribution in [2.75, 3.05) is 0 Å². The molecule has 1 fully saturated rings. The van der Waals surface area contributed by atoms with E-state index in [1.165, 1.54) is 5.56 Å². The molecule has 17 heavy (non-hydrogen) atoms. The smallest absolute Gasteiger partial charge is 0.170 e. The number of aromatic nitrogens is 1. The Morgan fingerprint density at radius 1 is 1.41 bits per heavy atom. The molecule has 3 rings (SSSR count). The predicted octanol–water partition coefficient (Wildman–Crippen LogP) is 2.25. The second-order valence-corrected chi connectivity index (χ2v) is 5.05. The predicted molar refractivity (Wildman–Crippen MR) is 63.9 cm³/mol. The molecular weight excluding hydrogens is 214 g/mol. The summed E-state index contributed by atoms with van der Waals surface area (Å²) >= 11 is 0. The number of rotatable bonds is 2. The molecule has 3 heteroatoms. The summed E-state index contributed by atoms with van der Waals surface area (Å²) in [4.78, 5) is 16.8. The van der Waals surface area contributed by atoms with E-state index in [1.54, 1.807) is 6.20 Å². The van der Waals surface area contributed by atoms with E-state index in [9.17, 15) is 4.79 Å². The van der Waals surface area contributed by atoms with E-state index >= 15 is 0 Å². The summed E-state index contributed by atoms with van der Waals surface area (Å²) in [7, 11) is 0. The largest absolute Gasteiger partial charge is 0.367 e. The van der Waals surface area contributed by atoms with Crippen LogP contribution in [0.3, 0.4) is 0 Å². The lowest BCUT2D eigenvalue weighted by Gasteiger charge is -2.15. The van der Waals surface area contributed by atoms with Crippen LogP contribution < -0.4 is 0 Å². The third-order valence-electron chi connectivity index (χ3n) is 3.85. The number of ether oxygens (including phenoxy) is 1. The summed E-state index contributed by atoms with van der Waals surface area (Å²) in [6.45, 7) is 2.04. The maximum Gasteiger partial charge on any atom is 0.170 e. The minimum Gasteiger partial charge on any atom is -0.367 e.